The summed E-state index contributed by atoms with van der Waals surface area (Å²) in [6.07, 6.45) is 5.57. The molecule has 0 spiro atoms. The summed E-state index contributed by atoms with van der Waals surface area (Å²) < 4.78 is 11.1. The lowest BCUT2D eigenvalue weighted by Crippen LogP contribution is -2.38. The molecular formula is C17H29N5O2. The highest BCUT2D eigenvalue weighted by molar-refractivity contribution is 5.36. The molecule has 4 atom stereocenters. The SMILES string of the molecule is COCCNc1cc(C2NNC3CCC(OC(C)C)CC32)ncn1. The number of methoxy groups -OCH3 is 1. The van der Waals surface area contributed by atoms with Crippen molar-refractivity contribution in [2.24, 2.45) is 5.92 Å². The van der Waals surface area contributed by atoms with Gasteiger partial charge in [0.25, 0.3) is 0 Å². The van der Waals surface area contributed by atoms with Gasteiger partial charge in [0.05, 0.1) is 30.6 Å². The summed E-state index contributed by atoms with van der Waals surface area (Å²) in [5.41, 5.74) is 7.90. The molecule has 0 amide bonds. The van der Waals surface area contributed by atoms with E-state index in [9.17, 15) is 0 Å². The van der Waals surface area contributed by atoms with Crippen LogP contribution in [0.4, 0.5) is 5.82 Å². The number of hydrogen-bond donors (Lipinski definition) is 3. The van der Waals surface area contributed by atoms with Crippen molar-refractivity contribution in [2.45, 2.75) is 57.4 Å². The second-order valence-corrected chi connectivity index (χ2v) is 6.90. The van der Waals surface area contributed by atoms with E-state index in [1.165, 1.54) is 0 Å². The standard InChI is InChI=1S/C17H29N5O2/c1-11(2)24-12-4-5-14-13(8-12)17(22-21-14)15-9-16(20-10-19-15)18-6-7-23-3/h9-14,17,21-22H,4-8H2,1-3H3,(H,18,19,20). The molecule has 0 bridgehead atoms. The Balaban J connectivity index is 1.66. The van der Waals surface area contributed by atoms with Crippen LogP contribution in [0.5, 0.6) is 0 Å². The first-order valence-corrected chi connectivity index (χ1v) is 8.88. The van der Waals surface area contributed by atoms with E-state index in [1.54, 1.807) is 13.4 Å². The third kappa shape index (κ3) is 4.22. The van der Waals surface area contributed by atoms with Crippen molar-refractivity contribution >= 4 is 5.82 Å². The average molecular weight is 335 g/mol. The van der Waals surface area contributed by atoms with Gasteiger partial charge in [-0.2, -0.15) is 0 Å². The van der Waals surface area contributed by atoms with Gasteiger partial charge in [-0.15, -0.1) is 0 Å². The van der Waals surface area contributed by atoms with E-state index in [4.69, 9.17) is 9.47 Å². The summed E-state index contributed by atoms with van der Waals surface area (Å²) >= 11 is 0. The molecule has 7 nitrogen and oxygen atoms in total. The highest BCUT2D eigenvalue weighted by Crippen LogP contribution is 2.38. The monoisotopic (exact) mass is 335 g/mol. The van der Waals surface area contributed by atoms with Crippen LogP contribution in [0.15, 0.2) is 12.4 Å². The molecule has 1 aliphatic heterocycles. The number of ether oxygens (including phenoxy) is 2. The normalized spacial score (nSPS) is 29.7. The molecule has 1 saturated carbocycles. The molecular weight excluding hydrogens is 306 g/mol. The van der Waals surface area contributed by atoms with Gasteiger partial charge < -0.3 is 14.8 Å². The van der Waals surface area contributed by atoms with Crippen LogP contribution >= 0.6 is 0 Å². The summed E-state index contributed by atoms with van der Waals surface area (Å²) in [7, 11) is 1.69. The number of fused-ring (bicyclic) bond motifs is 1. The summed E-state index contributed by atoms with van der Waals surface area (Å²) in [5.74, 6) is 1.33. The Bertz CT molecular complexity index is 527. The molecule has 2 aliphatic rings. The molecule has 1 aromatic rings. The molecule has 1 aliphatic carbocycles. The van der Waals surface area contributed by atoms with Gasteiger partial charge in [0.2, 0.25) is 0 Å². The molecule has 134 valence electrons. The van der Waals surface area contributed by atoms with Gasteiger partial charge in [-0.05, 0) is 33.1 Å². The number of nitrogens with zero attached hydrogens (tertiary/aromatic N) is 2. The molecule has 3 rings (SSSR count). The fourth-order valence-electron chi connectivity index (χ4n) is 3.74. The van der Waals surface area contributed by atoms with Crippen molar-refractivity contribution in [2.75, 3.05) is 25.6 Å². The Morgan fingerprint density at radius 2 is 2.17 bits per heavy atom. The molecule has 2 fully saturated rings. The van der Waals surface area contributed by atoms with Gasteiger partial charge in [-0.3, -0.25) is 5.43 Å². The number of hydrazine groups is 1. The predicted molar refractivity (Wildman–Crippen MR) is 92.5 cm³/mol. The van der Waals surface area contributed by atoms with Crippen LogP contribution in [-0.2, 0) is 9.47 Å². The lowest BCUT2D eigenvalue weighted by molar-refractivity contribution is -0.0276. The number of hydrogen-bond acceptors (Lipinski definition) is 7. The predicted octanol–water partition coefficient (Wildman–Crippen LogP) is 1.65. The van der Waals surface area contributed by atoms with Crippen LogP contribution in [0, 0.1) is 5.92 Å². The van der Waals surface area contributed by atoms with Gasteiger partial charge in [-0.25, -0.2) is 15.4 Å². The third-order valence-corrected chi connectivity index (χ3v) is 4.79. The Morgan fingerprint density at radius 1 is 1.29 bits per heavy atom. The highest BCUT2D eigenvalue weighted by atomic mass is 16.5. The number of aromatic nitrogens is 2. The van der Waals surface area contributed by atoms with Gasteiger partial charge >= 0.3 is 0 Å². The maximum atomic E-state index is 6.06. The Labute approximate surface area is 143 Å². The van der Waals surface area contributed by atoms with Crippen molar-refractivity contribution in [3.05, 3.63) is 18.1 Å². The molecule has 0 aromatic carbocycles. The van der Waals surface area contributed by atoms with E-state index in [2.05, 4.69) is 40.0 Å². The van der Waals surface area contributed by atoms with E-state index in [1.807, 2.05) is 6.07 Å². The molecule has 2 heterocycles. The van der Waals surface area contributed by atoms with Crippen LogP contribution in [0.1, 0.15) is 44.8 Å². The molecule has 0 radical (unpaired) electrons. The maximum Gasteiger partial charge on any atom is 0.129 e. The Morgan fingerprint density at radius 3 is 2.96 bits per heavy atom. The van der Waals surface area contributed by atoms with Crippen LogP contribution < -0.4 is 16.2 Å². The molecule has 1 aromatic heterocycles. The van der Waals surface area contributed by atoms with Crippen molar-refractivity contribution < 1.29 is 9.47 Å². The minimum Gasteiger partial charge on any atom is -0.383 e. The second-order valence-electron chi connectivity index (χ2n) is 6.90. The highest BCUT2D eigenvalue weighted by Gasteiger charge is 2.42. The maximum absolute atomic E-state index is 6.06. The zero-order chi connectivity index (χ0) is 16.9. The van der Waals surface area contributed by atoms with Crippen molar-refractivity contribution in [1.82, 2.24) is 20.8 Å². The summed E-state index contributed by atoms with van der Waals surface area (Å²) in [6.45, 7) is 5.61. The van der Waals surface area contributed by atoms with Gasteiger partial charge in [0.15, 0.2) is 0 Å². The molecule has 3 N–H and O–H groups in total. The van der Waals surface area contributed by atoms with Crippen LogP contribution in [0.2, 0.25) is 0 Å². The first-order chi connectivity index (χ1) is 11.7. The molecule has 1 saturated heterocycles. The van der Waals surface area contributed by atoms with E-state index in [-0.39, 0.29) is 12.1 Å². The molecule has 7 heteroatoms. The third-order valence-electron chi connectivity index (χ3n) is 4.79. The Hall–Kier alpha value is -1.28. The summed E-state index contributed by atoms with van der Waals surface area (Å²) in [6, 6.07) is 2.71. The first kappa shape index (κ1) is 17.5. The van der Waals surface area contributed by atoms with Crippen molar-refractivity contribution in [3.8, 4) is 0 Å². The van der Waals surface area contributed by atoms with Crippen molar-refractivity contribution in [1.29, 1.82) is 0 Å². The topological polar surface area (TPSA) is 80.3 Å². The minimum absolute atomic E-state index is 0.194. The molecule has 4 unspecified atom stereocenters. The minimum atomic E-state index is 0.194. The van der Waals surface area contributed by atoms with Gasteiger partial charge in [-0.1, -0.05) is 0 Å². The fourth-order valence-corrected chi connectivity index (χ4v) is 3.74. The molecule has 24 heavy (non-hydrogen) atoms. The second kappa shape index (κ2) is 8.20. The average Bonchev–Trinajstić information content (AvgIpc) is 2.98. The van der Waals surface area contributed by atoms with Crippen LogP contribution in [0.3, 0.4) is 0 Å². The fraction of sp³-hybridized carbons (Fsp3) is 0.765. The largest absolute Gasteiger partial charge is 0.383 e. The Kier molecular flexibility index (Phi) is 5.99. The number of rotatable bonds is 7. The van der Waals surface area contributed by atoms with E-state index in [0.717, 1.165) is 37.3 Å². The lowest BCUT2D eigenvalue weighted by atomic mass is 9.79. The number of nitrogens with one attached hydrogen (secondary N) is 3. The van der Waals surface area contributed by atoms with E-state index in [0.29, 0.717) is 24.7 Å². The van der Waals surface area contributed by atoms with E-state index < -0.39 is 0 Å². The van der Waals surface area contributed by atoms with Crippen LogP contribution in [0.25, 0.3) is 0 Å². The number of anilines is 1. The zero-order valence-corrected chi connectivity index (χ0v) is 14.8. The van der Waals surface area contributed by atoms with Gasteiger partial charge in [0, 0.05) is 31.7 Å². The van der Waals surface area contributed by atoms with Gasteiger partial charge in [0.1, 0.15) is 12.1 Å². The first-order valence-electron chi connectivity index (χ1n) is 8.88. The summed E-state index contributed by atoms with van der Waals surface area (Å²) in [4.78, 5) is 8.79. The van der Waals surface area contributed by atoms with Crippen molar-refractivity contribution in [3.63, 3.8) is 0 Å². The zero-order valence-electron chi connectivity index (χ0n) is 14.8. The lowest BCUT2D eigenvalue weighted by Gasteiger charge is -2.33. The summed E-state index contributed by atoms with van der Waals surface area (Å²) in [5, 5.41) is 3.27. The quantitative estimate of drug-likeness (QED) is 0.654. The van der Waals surface area contributed by atoms with Crippen LogP contribution in [-0.4, -0.2) is 48.5 Å². The smallest absolute Gasteiger partial charge is 0.129 e. The van der Waals surface area contributed by atoms with E-state index >= 15 is 0 Å².